The first kappa shape index (κ1) is 14.4. The summed E-state index contributed by atoms with van der Waals surface area (Å²) in [5, 5.41) is 20.1. The Labute approximate surface area is 91.7 Å². The van der Waals surface area contributed by atoms with Gasteiger partial charge in [0.2, 0.25) is 5.91 Å². The highest BCUT2D eigenvalue weighted by molar-refractivity contribution is 5.75. The van der Waals surface area contributed by atoms with E-state index in [4.69, 9.17) is 10.2 Å². The minimum atomic E-state index is -0.904. The van der Waals surface area contributed by atoms with Crippen LogP contribution in [0.4, 0.5) is 0 Å². The molecule has 1 amide bonds. The molecule has 0 saturated heterocycles. The largest absolute Gasteiger partial charge is 0.396 e. The molecule has 4 nitrogen and oxygen atoms in total. The fraction of sp³-hybridized carbons (Fsp3) is 0.909. The molecule has 1 unspecified atom stereocenters. The van der Waals surface area contributed by atoms with Crippen LogP contribution >= 0.6 is 0 Å². The van der Waals surface area contributed by atoms with E-state index in [0.29, 0.717) is 6.42 Å². The van der Waals surface area contributed by atoms with Crippen LogP contribution in [0.15, 0.2) is 0 Å². The Morgan fingerprint density at radius 1 is 1.27 bits per heavy atom. The van der Waals surface area contributed by atoms with Gasteiger partial charge in [-0.1, -0.05) is 32.6 Å². The molecule has 0 radical (unpaired) electrons. The molecule has 1 atom stereocenters. The van der Waals surface area contributed by atoms with E-state index in [2.05, 4.69) is 12.2 Å². The number of aliphatic hydroxyl groups excluding tert-OH is 2. The van der Waals surface area contributed by atoms with Crippen LogP contribution in [0.25, 0.3) is 0 Å². The van der Waals surface area contributed by atoms with Gasteiger partial charge in [0.25, 0.3) is 0 Å². The van der Waals surface area contributed by atoms with Gasteiger partial charge in [0.15, 0.2) is 0 Å². The maximum Gasteiger partial charge on any atom is 0.221 e. The van der Waals surface area contributed by atoms with Crippen LogP contribution in [0.2, 0.25) is 0 Å². The third-order valence-electron chi connectivity index (χ3n) is 2.24. The van der Waals surface area contributed by atoms with Gasteiger partial charge in [-0.05, 0) is 6.42 Å². The average molecular weight is 217 g/mol. The fourth-order valence-electron chi connectivity index (χ4n) is 1.34. The van der Waals surface area contributed by atoms with Gasteiger partial charge >= 0.3 is 0 Å². The summed E-state index contributed by atoms with van der Waals surface area (Å²) in [4.78, 5) is 11.2. The number of rotatable bonds is 9. The Hall–Kier alpha value is -0.610. The molecule has 0 spiro atoms. The minimum Gasteiger partial charge on any atom is -0.396 e. The number of nitrogens with one attached hydrogen (secondary N) is 1. The second-order valence-corrected chi connectivity index (χ2v) is 3.76. The van der Waals surface area contributed by atoms with Crippen molar-refractivity contribution in [1.29, 1.82) is 0 Å². The van der Waals surface area contributed by atoms with Gasteiger partial charge in [-0.15, -0.1) is 0 Å². The average Bonchev–Trinajstić information content (AvgIpc) is 2.17. The zero-order valence-corrected chi connectivity index (χ0v) is 9.54. The normalized spacial score (nSPS) is 12.5. The summed E-state index contributed by atoms with van der Waals surface area (Å²) < 4.78 is 0. The number of aliphatic hydroxyl groups is 2. The van der Waals surface area contributed by atoms with Crippen LogP contribution in [0.1, 0.15) is 51.9 Å². The van der Waals surface area contributed by atoms with Crippen molar-refractivity contribution in [3.63, 3.8) is 0 Å². The van der Waals surface area contributed by atoms with Gasteiger partial charge in [-0.25, -0.2) is 0 Å². The minimum absolute atomic E-state index is 0.113. The number of amides is 1. The first-order valence-electron chi connectivity index (χ1n) is 5.79. The third-order valence-corrected chi connectivity index (χ3v) is 2.24. The number of carbonyl (C=O) groups is 1. The van der Waals surface area contributed by atoms with Crippen LogP contribution in [0.3, 0.4) is 0 Å². The molecule has 15 heavy (non-hydrogen) atoms. The monoisotopic (exact) mass is 217 g/mol. The molecule has 0 aromatic rings. The first-order chi connectivity index (χ1) is 7.20. The van der Waals surface area contributed by atoms with Gasteiger partial charge in [0.05, 0.1) is 0 Å². The molecule has 0 aliphatic heterocycles. The van der Waals surface area contributed by atoms with Crippen molar-refractivity contribution in [2.45, 2.75) is 58.1 Å². The first-order valence-corrected chi connectivity index (χ1v) is 5.79. The van der Waals surface area contributed by atoms with E-state index >= 15 is 0 Å². The highest BCUT2D eigenvalue weighted by Crippen LogP contribution is 2.04. The topological polar surface area (TPSA) is 69.6 Å². The van der Waals surface area contributed by atoms with Gasteiger partial charge in [0, 0.05) is 19.4 Å². The molecule has 0 fully saturated rings. The highest BCUT2D eigenvalue weighted by atomic mass is 16.3. The summed E-state index contributed by atoms with van der Waals surface area (Å²) in [5.41, 5.74) is 0. The lowest BCUT2D eigenvalue weighted by atomic mass is 10.1. The maximum absolute atomic E-state index is 11.2. The third kappa shape index (κ3) is 9.69. The molecule has 0 aromatic heterocycles. The number of hydrogen-bond acceptors (Lipinski definition) is 3. The zero-order chi connectivity index (χ0) is 11.5. The van der Waals surface area contributed by atoms with E-state index in [1.54, 1.807) is 0 Å². The van der Waals surface area contributed by atoms with Crippen LogP contribution in [0.5, 0.6) is 0 Å². The van der Waals surface area contributed by atoms with Gasteiger partial charge in [0.1, 0.15) is 6.23 Å². The summed E-state index contributed by atoms with van der Waals surface area (Å²) >= 11 is 0. The Kier molecular flexibility index (Phi) is 9.52. The maximum atomic E-state index is 11.2. The molecular weight excluding hydrogens is 194 g/mol. The number of unbranched alkanes of at least 4 members (excludes halogenated alkanes) is 4. The molecule has 0 aliphatic carbocycles. The highest BCUT2D eigenvalue weighted by Gasteiger charge is 2.07. The van der Waals surface area contributed by atoms with Crippen LogP contribution in [-0.4, -0.2) is 29.0 Å². The van der Waals surface area contributed by atoms with E-state index in [-0.39, 0.29) is 18.9 Å². The number of hydrogen-bond donors (Lipinski definition) is 3. The predicted octanol–water partition coefficient (Wildman–Crippen LogP) is 1.16. The van der Waals surface area contributed by atoms with Crippen molar-refractivity contribution in [2.24, 2.45) is 0 Å². The van der Waals surface area contributed by atoms with Gasteiger partial charge in [-0.2, -0.15) is 0 Å². The smallest absolute Gasteiger partial charge is 0.221 e. The summed E-state index contributed by atoms with van der Waals surface area (Å²) in [6.07, 6.45) is 5.28. The molecule has 0 bridgehead atoms. The summed E-state index contributed by atoms with van der Waals surface area (Å²) in [6.45, 7) is 2.04. The SMILES string of the molecule is CCCCCCCC(=O)NC(O)CCO. The van der Waals surface area contributed by atoms with Crippen molar-refractivity contribution in [1.82, 2.24) is 5.32 Å². The molecule has 0 rings (SSSR count). The fourth-order valence-corrected chi connectivity index (χ4v) is 1.34. The molecule has 4 heteroatoms. The second-order valence-electron chi connectivity index (χ2n) is 3.76. The summed E-state index contributed by atoms with van der Waals surface area (Å²) in [6, 6.07) is 0. The van der Waals surface area contributed by atoms with Crippen molar-refractivity contribution in [3.8, 4) is 0 Å². The Morgan fingerprint density at radius 2 is 1.93 bits per heavy atom. The van der Waals surface area contributed by atoms with Crippen LogP contribution < -0.4 is 5.32 Å². The summed E-state index contributed by atoms with van der Waals surface area (Å²) in [5.74, 6) is -0.132. The van der Waals surface area contributed by atoms with E-state index in [1.807, 2.05) is 0 Å². The molecule has 0 aromatic carbocycles. The van der Waals surface area contributed by atoms with Crippen molar-refractivity contribution in [3.05, 3.63) is 0 Å². The standard InChI is InChI=1S/C11H23NO3/c1-2-3-4-5-6-7-10(14)12-11(15)8-9-13/h11,13,15H,2-9H2,1H3,(H,12,14). The molecular formula is C11H23NO3. The van der Waals surface area contributed by atoms with Crippen molar-refractivity contribution < 1.29 is 15.0 Å². The van der Waals surface area contributed by atoms with Crippen molar-refractivity contribution in [2.75, 3.05) is 6.61 Å². The second kappa shape index (κ2) is 9.93. The van der Waals surface area contributed by atoms with E-state index < -0.39 is 6.23 Å². The molecule has 90 valence electrons. The van der Waals surface area contributed by atoms with E-state index in [0.717, 1.165) is 12.8 Å². The van der Waals surface area contributed by atoms with Gasteiger partial charge in [-0.3, -0.25) is 4.79 Å². The lowest BCUT2D eigenvalue weighted by Gasteiger charge is -2.10. The molecule has 3 N–H and O–H groups in total. The Morgan fingerprint density at radius 3 is 2.53 bits per heavy atom. The van der Waals surface area contributed by atoms with E-state index in [9.17, 15) is 4.79 Å². The zero-order valence-electron chi connectivity index (χ0n) is 9.54. The predicted molar refractivity (Wildman–Crippen MR) is 59.2 cm³/mol. The Bertz CT molecular complexity index is 162. The summed E-state index contributed by atoms with van der Waals surface area (Å²) in [7, 11) is 0. The van der Waals surface area contributed by atoms with Crippen LogP contribution in [0, 0.1) is 0 Å². The van der Waals surface area contributed by atoms with Crippen LogP contribution in [-0.2, 0) is 4.79 Å². The lowest BCUT2D eigenvalue weighted by molar-refractivity contribution is -0.124. The molecule has 0 aliphatic rings. The van der Waals surface area contributed by atoms with Gasteiger partial charge < -0.3 is 15.5 Å². The molecule has 0 saturated carbocycles. The quantitative estimate of drug-likeness (QED) is 0.401. The van der Waals surface area contributed by atoms with Crippen molar-refractivity contribution >= 4 is 5.91 Å². The lowest BCUT2D eigenvalue weighted by Crippen LogP contribution is -2.35. The molecule has 0 heterocycles. The number of carbonyl (C=O) groups excluding carboxylic acids is 1. The van der Waals surface area contributed by atoms with E-state index in [1.165, 1.54) is 19.3 Å². The Balaban J connectivity index is 3.32.